The lowest BCUT2D eigenvalue weighted by Gasteiger charge is -2.36. The molecule has 1 fully saturated rings. The maximum absolute atomic E-state index is 13.5. The minimum absolute atomic E-state index is 0.0148. The Bertz CT molecular complexity index is 1020. The van der Waals surface area contributed by atoms with E-state index >= 15 is 0 Å². The third-order valence-electron chi connectivity index (χ3n) is 5.62. The predicted octanol–water partition coefficient (Wildman–Crippen LogP) is 3.47. The number of methoxy groups -OCH3 is 3. The molecule has 0 N–H and O–H groups in total. The van der Waals surface area contributed by atoms with Crippen LogP contribution in [0.15, 0.2) is 60.9 Å². The zero-order valence-electron chi connectivity index (χ0n) is 18.1. The molecule has 4 rings (SSSR count). The lowest BCUT2D eigenvalue weighted by molar-refractivity contribution is 0.0746. The molecule has 1 aliphatic heterocycles. The Morgan fingerprint density at radius 2 is 1.42 bits per heavy atom. The van der Waals surface area contributed by atoms with Crippen LogP contribution >= 0.6 is 0 Å². The van der Waals surface area contributed by atoms with Crippen LogP contribution in [0.25, 0.3) is 5.69 Å². The molecule has 0 saturated carbocycles. The van der Waals surface area contributed by atoms with Gasteiger partial charge in [-0.2, -0.15) is 0 Å². The molecule has 0 bridgehead atoms. The number of piperazine rings is 1. The van der Waals surface area contributed by atoms with Gasteiger partial charge in [-0.25, -0.2) is 0 Å². The van der Waals surface area contributed by atoms with Crippen LogP contribution in [-0.2, 0) is 0 Å². The van der Waals surface area contributed by atoms with Crippen LogP contribution in [0, 0.1) is 0 Å². The standard InChI is InChI=1S/C24H27N3O4/c1-29-19-8-6-18(7-9-19)25-12-14-27(15-13-25)24(28)20-16-22(30-2)23(31-3)17-21(20)26-10-4-5-11-26/h4-11,16-17H,12-15H2,1-3H3. The van der Waals surface area contributed by atoms with E-state index in [0.29, 0.717) is 30.2 Å². The highest BCUT2D eigenvalue weighted by Crippen LogP contribution is 2.33. The summed E-state index contributed by atoms with van der Waals surface area (Å²) in [6.07, 6.45) is 3.83. The van der Waals surface area contributed by atoms with Gasteiger partial charge in [0, 0.05) is 50.3 Å². The predicted molar refractivity (Wildman–Crippen MR) is 120 cm³/mol. The molecule has 162 valence electrons. The Morgan fingerprint density at radius 3 is 2.00 bits per heavy atom. The van der Waals surface area contributed by atoms with Gasteiger partial charge < -0.3 is 28.6 Å². The van der Waals surface area contributed by atoms with Crippen molar-refractivity contribution in [2.45, 2.75) is 0 Å². The van der Waals surface area contributed by atoms with E-state index in [2.05, 4.69) is 17.0 Å². The molecular formula is C24H27N3O4. The van der Waals surface area contributed by atoms with Gasteiger partial charge in [0.15, 0.2) is 11.5 Å². The van der Waals surface area contributed by atoms with Crippen LogP contribution in [0.1, 0.15) is 10.4 Å². The summed E-state index contributed by atoms with van der Waals surface area (Å²) in [5.41, 5.74) is 2.49. The fraction of sp³-hybridized carbons (Fsp3) is 0.292. The van der Waals surface area contributed by atoms with Crippen molar-refractivity contribution < 1.29 is 19.0 Å². The summed E-state index contributed by atoms with van der Waals surface area (Å²) in [5.74, 6) is 1.95. The average Bonchev–Trinajstić information content (AvgIpc) is 3.38. The van der Waals surface area contributed by atoms with Crippen LogP contribution < -0.4 is 19.1 Å². The average molecular weight is 421 g/mol. The molecule has 1 aliphatic rings. The number of amides is 1. The Labute approximate surface area is 182 Å². The van der Waals surface area contributed by atoms with Gasteiger partial charge >= 0.3 is 0 Å². The highest BCUT2D eigenvalue weighted by atomic mass is 16.5. The van der Waals surface area contributed by atoms with E-state index in [1.165, 1.54) is 0 Å². The number of aromatic nitrogens is 1. The Hall–Kier alpha value is -3.61. The molecule has 7 nitrogen and oxygen atoms in total. The molecule has 1 aromatic heterocycles. The van der Waals surface area contributed by atoms with E-state index in [4.69, 9.17) is 14.2 Å². The van der Waals surface area contributed by atoms with Crippen LogP contribution in [0.5, 0.6) is 17.2 Å². The second-order valence-corrected chi connectivity index (χ2v) is 7.29. The monoisotopic (exact) mass is 421 g/mol. The summed E-state index contributed by atoms with van der Waals surface area (Å²) in [6.45, 7) is 2.82. The quantitative estimate of drug-likeness (QED) is 0.610. The third kappa shape index (κ3) is 4.17. The van der Waals surface area contributed by atoms with E-state index in [-0.39, 0.29) is 5.91 Å². The van der Waals surface area contributed by atoms with E-state index < -0.39 is 0 Å². The fourth-order valence-corrected chi connectivity index (χ4v) is 3.88. The number of nitrogens with zero attached hydrogens (tertiary/aromatic N) is 3. The number of hydrogen-bond donors (Lipinski definition) is 0. The summed E-state index contributed by atoms with van der Waals surface area (Å²) < 4.78 is 18.1. The topological polar surface area (TPSA) is 56.2 Å². The zero-order chi connectivity index (χ0) is 21.8. The summed E-state index contributed by atoms with van der Waals surface area (Å²) in [4.78, 5) is 17.7. The van der Waals surface area contributed by atoms with Crippen molar-refractivity contribution in [1.29, 1.82) is 0 Å². The van der Waals surface area contributed by atoms with Crippen LogP contribution in [0.2, 0.25) is 0 Å². The summed E-state index contributed by atoms with van der Waals surface area (Å²) >= 11 is 0. The first-order chi connectivity index (χ1) is 15.1. The van der Waals surface area contributed by atoms with Crippen molar-refractivity contribution >= 4 is 11.6 Å². The minimum atomic E-state index is -0.0148. The van der Waals surface area contributed by atoms with Crippen LogP contribution in [-0.4, -0.2) is 62.9 Å². The molecule has 3 aromatic rings. The second-order valence-electron chi connectivity index (χ2n) is 7.29. The summed E-state index contributed by atoms with van der Waals surface area (Å²) in [6, 6.07) is 15.5. The molecule has 1 amide bonds. The molecule has 2 aromatic carbocycles. The van der Waals surface area contributed by atoms with Crippen molar-refractivity contribution in [3.63, 3.8) is 0 Å². The number of ether oxygens (including phenoxy) is 3. The third-order valence-corrected chi connectivity index (χ3v) is 5.62. The SMILES string of the molecule is COc1ccc(N2CCN(C(=O)c3cc(OC)c(OC)cc3-n3cccc3)CC2)cc1. The molecule has 0 atom stereocenters. The molecule has 2 heterocycles. The highest BCUT2D eigenvalue weighted by molar-refractivity contribution is 5.99. The highest BCUT2D eigenvalue weighted by Gasteiger charge is 2.26. The van der Waals surface area contributed by atoms with E-state index in [0.717, 1.165) is 30.2 Å². The number of carbonyl (C=O) groups excluding carboxylic acids is 1. The van der Waals surface area contributed by atoms with Gasteiger partial charge in [-0.3, -0.25) is 4.79 Å². The molecule has 0 spiro atoms. The number of anilines is 1. The second kappa shape index (κ2) is 9.04. The largest absolute Gasteiger partial charge is 0.497 e. The minimum Gasteiger partial charge on any atom is -0.497 e. The fourth-order valence-electron chi connectivity index (χ4n) is 3.88. The molecule has 0 unspecified atom stereocenters. The smallest absolute Gasteiger partial charge is 0.256 e. The maximum atomic E-state index is 13.5. The number of benzene rings is 2. The van der Waals surface area contributed by atoms with E-state index in [1.807, 2.05) is 52.2 Å². The Kier molecular flexibility index (Phi) is 6.02. The summed E-state index contributed by atoms with van der Waals surface area (Å²) in [5, 5.41) is 0. The van der Waals surface area contributed by atoms with Crippen molar-refractivity contribution in [3.8, 4) is 22.9 Å². The van der Waals surface area contributed by atoms with Gasteiger partial charge in [-0.15, -0.1) is 0 Å². The van der Waals surface area contributed by atoms with Crippen molar-refractivity contribution in [1.82, 2.24) is 9.47 Å². The van der Waals surface area contributed by atoms with Crippen LogP contribution in [0.4, 0.5) is 5.69 Å². The van der Waals surface area contributed by atoms with E-state index in [9.17, 15) is 4.79 Å². The van der Waals surface area contributed by atoms with Gasteiger partial charge in [0.2, 0.25) is 0 Å². The first-order valence-electron chi connectivity index (χ1n) is 10.2. The van der Waals surface area contributed by atoms with E-state index in [1.54, 1.807) is 27.4 Å². The van der Waals surface area contributed by atoms with Gasteiger partial charge in [0.1, 0.15) is 5.75 Å². The number of hydrogen-bond acceptors (Lipinski definition) is 5. The van der Waals surface area contributed by atoms with Gasteiger partial charge in [0.05, 0.1) is 32.6 Å². The maximum Gasteiger partial charge on any atom is 0.256 e. The number of rotatable bonds is 6. The first kappa shape index (κ1) is 20.7. The van der Waals surface area contributed by atoms with Gasteiger partial charge in [0.25, 0.3) is 5.91 Å². The van der Waals surface area contributed by atoms with Crippen LogP contribution in [0.3, 0.4) is 0 Å². The van der Waals surface area contributed by atoms with Crippen molar-refractivity contribution in [2.24, 2.45) is 0 Å². The van der Waals surface area contributed by atoms with Crippen molar-refractivity contribution in [2.75, 3.05) is 52.4 Å². The lowest BCUT2D eigenvalue weighted by atomic mass is 10.1. The molecule has 7 heteroatoms. The Balaban J connectivity index is 1.55. The number of carbonyl (C=O) groups is 1. The first-order valence-corrected chi connectivity index (χ1v) is 10.2. The zero-order valence-corrected chi connectivity index (χ0v) is 18.1. The molecule has 0 aliphatic carbocycles. The molecule has 1 saturated heterocycles. The van der Waals surface area contributed by atoms with Gasteiger partial charge in [-0.05, 0) is 42.5 Å². The molecular weight excluding hydrogens is 394 g/mol. The molecule has 0 radical (unpaired) electrons. The van der Waals surface area contributed by atoms with Gasteiger partial charge in [-0.1, -0.05) is 0 Å². The lowest BCUT2D eigenvalue weighted by Crippen LogP contribution is -2.49. The summed E-state index contributed by atoms with van der Waals surface area (Å²) in [7, 11) is 4.84. The van der Waals surface area contributed by atoms with Crippen molar-refractivity contribution in [3.05, 3.63) is 66.5 Å². The Morgan fingerprint density at radius 1 is 0.806 bits per heavy atom. The molecule has 31 heavy (non-hydrogen) atoms. The normalized spacial score (nSPS) is 13.8.